The van der Waals surface area contributed by atoms with Gasteiger partial charge in [0.05, 0.1) is 38.5 Å². The van der Waals surface area contributed by atoms with E-state index in [1.165, 1.54) is 0 Å². The van der Waals surface area contributed by atoms with Crippen LogP contribution in [0.1, 0.15) is 0 Å². The van der Waals surface area contributed by atoms with Crippen molar-refractivity contribution in [2.24, 2.45) is 0 Å². The minimum absolute atomic E-state index is 0.680. The number of nitrogens with zero attached hydrogens (tertiary/aromatic N) is 4. The van der Waals surface area contributed by atoms with E-state index >= 15 is 0 Å². The molecule has 0 atom stereocenters. The zero-order valence-electron chi connectivity index (χ0n) is 16.2. The van der Waals surface area contributed by atoms with Gasteiger partial charge in [-0.05, 0) is 18.2 Å². The molecule has 0 spiro atoms. The lowest BCUT2D eigenvalue weighted by atomic mass is 10.2. The molecule has 0 bridgehead atoms. The normalized spacial score (nSPS) is 14.9. The van der Waals surface area contributed by atoms with Gasteiger partial charge in [-0.1, -0.05) is 0 Å². The summed E-state index contributed by atoms with van der Waals surface area (Å²) in [7, 11) is 3.26. The number of fused-ring (bicyclic) bond motifs is 1. The third-order valence-electron chi connectivity index (χ3n) is 4.95. The lowest BCUT2D eigenvalue weighted by Crippen LogP contribution is -2.39. The first-order chi connectivity index (χ1) is 13.8. The first-order valence-corrected chi connectivity index (χ1v) is 9.38. The number of hydrogen-bond acceptors (Lipinski definition) is 7. The molecule has 0 radical (unpaired) electrons. The molecule has 28 heavy (non-hydrogen) atoms. The average Bonchev–Trinajstić information content (AvgIpc) is 3.19. The Morgan fingerprint density at radius 2 is 1.89 bits per heavy atom. The Hall–Kier alpha value is -2.84. The zero-order valence-corrected chi connectivity index (χ0v) is 16.2. The SMILES string of the molecule is COc1ccc(-n2ccc3c(NCCN4CCOCC4)ncnc32)cc1OC. The van der Waals surface area contributed by atoms with E-state index in [-0.39, 0.29) is 0 Å². The van der Waals surface area contributed by atoms with Crippen LogP contribution in [0.15, 0.2) is 36.8 Å². The van der Waals surface area contributed by atoms with E-state index in [2.05, 4.69) is 20.2 Å². The Morgan fingerprint density at radius 1 is 1.07 bits per heavy atom. The highest BCUT2D eigenvalue weighted by Gasteiger charge is 2.13. The average molecular weight is 383 g/mol. The number of nitrogens with one attached hydrogen (secondary N) is 1. The molecule has 8 heteroatoms. The molecule has 0 saturated carbocycles. The van der Waals surface area contributed by atoms with Crippen molar-refractivity contribution in [3.8, 4) is 17.2 Å². The first kappa shape index (κ1) is 18.5. The largest absolute Gasteiger partial charge is 0.493 e. The first-order valence-electron chi connectivity index (χ1n) is 9.38. The molecule has 1 aliphatic heterocycles. The molecule has 4 rings (SSSR count). The van der Waals surface area contributed by atoms with Crippen LogP contribution in [0.25, 0.3) is 16.7 Å². The Kier molecular flexibility index (Phi) is 5.59. The van der Waals surface area contributed by atoms with Crippen LogP contribution in [0.3, 0.4) is 0 Å². The highest BCUT2D eigenvalue weighted by molar-refractivity contribution is 5.88. The summed E-state index contributed by atoms with van der Waals surface area (Å²) in [5.41, 5.74) is 1.79. The smallest absolute Gasteiger partial charge is 0.162 e. The number of benzene rings is 1. The fraction of sp³-hybridized carbons (Fsp3) is 0.400. The third-order valence-corrected chi connectivity index (χ3v) is 4.95. The predicted octanol–water partition coefficient (Wildman–Crippen LogP) is 2.18. The van der Waals surface area contributed by atoms with Crippen LogP contribution in [-0.4, -0.2) is 73.0 Å². The van der Waals surface area contributed by atoms with Crippen LogP contribution < -0.4 is 14.8 Å². The van der Waals surface area contributed by atoms with Gasteiger partial charge in [0.25, 0.3) is 0 Å². The second-order valence-electron chi connectivity index (χ2n) is 6.57. The van der Waals surface area contributed by atoms with Crippen LogP contribution in [0.2, 0.25) is 0 Å². The lowest BCUT2D eigenvalue weighted by Gasteiger charge is -2.26. The van der Waals surface area contributed by atoms with Crippen LogP contribution in [0.5, 0.6) is 11.5 Å². The molecule has 2 aromatic heterocycles. The van der Waals surface area contributed by atoms with Crippen molar-refractivity contribution in [3.63, 3.8) is 0 Å². The highest BCUT2D eigenvalue weighted by Crippen LogP contribution is 2.31. The van der Waals surface area contributed by atoms with Crippen molar-refractivity contribution < 1.29 is 14.2 Å². The summed E-state index contributed by atoms with van der Waals surface area (Å²) < 4.78 is 18.2. The molecule has 1 fully saturated rings. The Bertz CT molecular complexity index is 937. The van der Waals surface area contributed by atoms with Gasteiger partial charge in [0.15, 0.2) is 11.5 Å². The minimum atomic E-state index is 0.680. The van der Waals surface area contributed by atoms with Gasteiger partial charge < -0.3 is 24.1 Å². The summed E-state index contributed by atoms with van der Waals surface area (Å²) in [5.74, 6) is 2.22. The van der Waals surface area contributed by atoms with Crippen molar-refractivity contribution in [2.75, 3.05) is 58.9 Å². The number of rotatable bonds is 7. The van der Waals surface area contributed by atoms with Gasteiger partial charge >= 0.3 is 0 Å². The van der Waals surface area contributed by atoms with Crippen LogP contribution in [0.4, 0.5) is 5.82 Å². The summed E-state index contributed by atoms with van der Waals surface area (Å²) in [5, 5.41) is 4.43. The quantitative estimate of drug-likeness (QED) is 0.670. The maximum Gasteiger partial charge on any atom is 0.162 e. The molecular weight excluding hydrogens is 358 g/mol. The molecule has 3 heterocycles. The van der Waals surface area contributed by atoms with Crippen molar-refractivity contribution in [1.82, 2.24) is 19.4 Å². The van der Waals surface area contributed by atoms with Crippen molar-refractivity contribution in [1.29, 1.82) is 0 Å². The van der Waals surface area contributed by atoms with E-state index in [1.54, 1.807) is 20.5 Å². The molecule has 0 unspecified atom stereocenters. The van der Waals surface area contributed by atoms with E-state index in [9.17, 15) is 0 Å². The van der Waals surface area contributed by atoms with Crippen LogP contribution in [-0.2, 0) is 4.74 Å². The van der Waals surface area contributed by atoms with E-state index in [4.69, 9.17) is 14.2 Å². The zero-order chi connectivity index (χ0) is 19.3. The lowest BCUT2D eigenvalue weighted by molar-refractivity contribution is 0.0398. The number of methoxy groups -OCH3 is 2. The van der Waals surface area contributed by atoms with Gasteiger partial charge in [0, 0.05) is 38.4 Å². The highest BCUT2D eigenvalue weighted by atomic mass is 16.5. The molecular formula is C20H25N5O3. The fourth-order valence-electron chi connectivity index (χ4n) is 3.43. The summed E-state index contributed by atoms with van der Waals surface area (Å²) in [4.78, 5) is 11.3. The topological polar surface area (TPSA) is 73.7 Å². The summed E-state index contributed by atoms with van der Waals surface area (Å²) in [6.07, 6.45) is 3.59. The van der Waals surface area contributed by atoms with Crippen LogP contribution in [0, 0.1) is 0 Å². The van der Waals surface area contributed by atoms with E-state index in [0.29, 0.717) is 11.5 Å². The van der Waals surface area contributed by atoms with Gasteiger partial charge in [0.2, 0.25) is 0 Å². The maximum atomic E-state index is 5.42. The minimum Gasteiger partial charge on any atom is -0.493 e. The standard InChI is InChI=1S/C20H25N5O3/c1-26-17-4-3-15(13-18(17)27-2)25-7-5-16-19(22-14-23-20(16)25)21-6-8-24-9-11-28-12-10-24/h3-5,7,13-14H,6,8-12H2,1-2H3,(H,21,22,23). The number of ether oxygens (including phenoxy) is 3. The predicted molar refractivity (Wildman–Crippen MR) is 108 cm³/mol. The molecule has 8 nitrogen and oxygen atoms in total. The monoisotopic (exact) mass is 383 g/mol. The number of morpholine rings is 1. The van der Waals surface area contributed by atoms with Gasteiger partial charge in [0.1, 0.15) is 17.8 Å². The summed E-state index contributed by atoms with van der Waals surface area (Å²) >= 11 is 0. The fourth-order valence-corrected chi connectivity index (χ4v) is 3.43. The van der Waals surface area contributed by atoms with E-state index < -0.39 is 0 Å². The molecule has 1 aromatic carbocycles. The number of aromatic nitrogens is 3. The van der Waals surface area contributed by atoms with Gasteiger partial charge in [-0.25, -0.2) is 9.97 Å². The van der Waals surface area contributed by atoms with Gasteiger partial charge in [-0.2, -0.15) is 0 Å². The Labute approximate surface area is 164 Å². The molecule has 0 amide bonds. The summed E-state index contributed by atoms with van der Waals surface area (Å²) in [6.45, 7) is 5.38. The molecule has 0 aliphatic carbocycles. The summed E-state index contributed by atoms with van der Waals surface area (Å²) in [6, 6.07) is 7.84. The van der Waals surface area contributed by atoms with Crippen molar-refractivity contribution in [2.45, 2.75) is 0 Å². The molecule has 1 N–H and O–H groups in total. The maximum absolute atomic E-state index is 5.42. The van der Waals surface area contributed by atoms with Crippen molar-refractivity contribution >= 4 is 16.9 Å². The number of hydrogen-bond donors (Lipinski definition) is 1. The van der Waals surface area contributed by atoms with Gasteiger partial charge in [-0.3, -0.25) is 4.90 Å². The molecule has 3 aromatic rings. The second kappa shape index (κ2) is 8.45. The van der Waals surface area contributed by atoms with E-state index in [1.807, 2.05) is 35.0 Å². The molecule has 148 valence electrons. The van der Waals surface area contributed by atoms with Gasteiger partial charge in [-0.15, -0.1) is 0 Å². The Morgan fingerprint density at radius 3 is 2.68 bits per heavy atom. The second-order valence-corrected chi connectivity index (χ2v) is 6.57. The van der Waals surface area contributed by atoms with Crippen molar-refractivity contribution in [3.05, 3.63) is 36.8 Å². The Balaban J connectivity index is 1.55. The van der Waals surface area contributed by atoms with Crippen LogP contribution >= 0.6 is 0 Å². The molecule has 1 aliphatic rings. The number of anilines is 1. The van der Waals surface area contributed by atoms with E-state index in [0.717, 1.165) is 61.9 Å². The molecule has 1 saturated heterocycles. The third kappa shape index (κ3) is 3.74.